The highest BCUT2D eigenvalue weighted by atomic mass is 19.4. The van der Waals surface area contributed by atoms with Crippen molar-refractivity contribution in [3.05, 3.63) is 23.8 Å². The molecular weight excluding hydrogens is 235 g/mol. The second kappa shape index (κ2) is 3.94. The molecule has 1 aromatic carbocycles. The van der Waals surface area contributed by atoms with Gasteiger partial charge in [0.2, 0.25) is 0 Å². The van der Waals surface area contributed by atoms with Crippen LogP contribution >= 0.6 is 0 Å². The van der Waals surface area contributed by atoms with Gasteiger partial charge in [-0.1, -0.05) is 0 Å². The molecular formula is C11H10F3NO2. The third kappa shape index (κ3) is 2.20. The van der Waals surface area contributed by atoms with E-state index in [4.69, 9.17) is 4.74 Å². The molecule has 1 aliphatic rings. The first-order valence-electron chi connectivity index (χ1n) is 5.00. The lowest BCUT2D eigenvalue weighted by Gasteiger charge is -2.19. The van der Waals surface area contributed by atoms with Crippen LogP contribution in [0.25, 0.3) is 0 Å². The molecule has 0 bridgehead atoms. The normalized spacial score (nSPS) is 14.1. The van der Waals surface area contributed by atoms with Gasteiger partial charge in [-0.2, -0.15) is 13.2 Å². The second-order valence-corrected chi connectivity index (χ2v) is 3.75. The molecule has 0 N–H and O–H groups in total. The number of anilines is 1. The van der Waals surface area contributed by atoms with Crippen LogP contribution in [0.4, 0.5) is 18.9 Å². The zero-order valence-electron chi connectivity index (χ0n) is 9.04. The van der Waals surface area contributed by atoms with Crippen LogP contribution in [0.3, 0.4) is 0 Å². The highest BCUT2D eigenvalue weighted by Gasteiger charge is 2.41. The summed E-state index contributed by atoms with van der Waals surface area (Å²) in [5, 5.41) is 0. The maximum absolute atomic E-state index is 12.2. The lowest BCUT2D eigenvalue weighted by molar-refractivity contribution is -0.170. The Kier molecular flexibility index (Phi) is 2.73. The van der Waals surface area contributed by atoms with Crippen LogP contribution in [0, 0.1) is 0 Å². The first kappa shape index (κ1) is 11.8. The van der Waals surface area contributed by atoms with Gasteiger partial charge in [0, 0.05) is 19.2 Å². The minimum atomic E-state index is -4.86. The second-order valence-electron chi connectivity index (χ2n) is 3.75. The highest BCUT2D eigenvalue weighted by molar-refractivity contribution is 5.96. The Morgan fingerprint density at radius 3 is 2.76 bits per heavy atom. The monoisotopic (exact) mass is 245 g/mol. The van der Waals surface area contributed by atoms with E-state index in [2.05, 4.69) is 0 Å². The third-order valence-electron chi connectivity index (χ3n) is 2.61. The summed E-state index contributed by atoms with van der Waals surface area (Å²) < 4.78 is 42.0. The Balaban J connectivity index is 2.26. The fourth-order valence-electron chi connectivity index (χ4n) is 1.69. The van der Waals surface area contributed by atoms with E-state index >= 15 is 0 Å². The number of nitrogens with zero attached hydrogens (tertiary/aromatic N) is 1. The van der Waals surface area contributed by atoms with Crippen molar-refractivity contribution >= 4 is 11.6 Å². The summed E-state index contributed by atoms with van der Waals surface area (Å²) in [7, 11) is 1.10. The fourth-order valence-corrected chi connectivity index (χ4v) is 1.69. The summed E-state index contributed by atoms with van der Waals surface area (Å²) in [6.45, 7) is 0.524. The van der Waals surface area contributed by atoms with E-state index in [-0.39, 0.29) is 5.69 Å². The van der Waals surface area contributed by atoms with Gasteiger partial charge in [-0.3, -0.25) is 4.79 Å². The van der Waals surface area contributed by atoms with Crippen molar-refractivity contribution in [3.63, 3.8) is 0 Å². The topological polar surface area (TPSA) is 29.5 Å². The van der Waals surface area contributed by atoms with Gasteiger partial charge in [0.1, 0.15) is 5.75 Å². The number of carbonyl (C=O) groups is 1. The van der Waals surface area contributed by atoms with Crippen LogP contribution in [-0.4, -0.2) is 25.7 Å². The van der Waals surface area contributed by atoms with Crippen LogP contribution in [0.15, 0.2) is 18.2 Å². The number of ether oxygens (including phenoxy) is 1. The van der Waals surface area contributed by atoms with Crippen LogP contribution in [-0.2, 0) is 11.2 Å². The molecule has 0 aromatic heterocycles. The van der Waals surface area contributed by atoms with Gasteiger partial charge in [0.25, 0.3) is 0 Å². The molecule has 0 saturated carbocycles. The van der Waals surface area contributed by atoms with E-state index in [0.717, 1.165) is 12.6 Å². The summed E-state index contributed by atoms with van der Waals surface area (Å²) in [6, 6.07) is 4.57. The maximum Gasteiger partial charge on any atom is 0.471 e. The summed E-state index contributed by atoms with van der Waals surface area (Å²) >= 11 is 0. The average Bonchev–Trinajstić information content (AvgIpc) is 2.72. The summed E-state index contributed by atoms with van der Waals surface area (Å²) in [4.78, 5) is 11.6. The smallest absolute Gasteiger partial charge is 0.471 e. The SMILES string of the molecule is CN(C(=O)C(F)(F)F)c1ccc2c(c1)CCO2. The molecule has 17 heavy (non-hydrogen) atoms. The lowest BCUT2D eigenvalue weighted by Crippen LogP contribution is -2.38. The molecule has 0 fully saturated rings. The predicted molar refractivity (Wildman–Crippen MR) is 55.1 cm³/mol. The summed E-state index contributed by atoms with van der Waals surface area (Å²) in [5.74, 6) is -1.21. The van der Waals surface area contributed by atoms with Crippen molar-refractivity contribution in [2.75, 3.05) is 18.6 Å². The minimum absolute atomic E-state index is 0.219. The molecule has 1 heterocycles. The molecule has 0 spiro atoms. The largest absolute Gasteiger partial charge is 0.493 e. The maximum atomic E-state index is 12.2. The van der Waals surface area contributed by atoms with Gasteiger partial charge in [-0.15, -0.1) is 0 Å². The Labute approximate surface area is 95.8 Å². The number of carbonyl (C=O) groups excluding carboxylic acids is 1. The number of halogens is 3. The highest BCUT2D eigenvalue weighted by Crippen LogP contribution is 2.30. The summed E-state index contributed by atoms with van der Waals surface area (Å²) in [5.41, 5.74) is 1.04. The molecule has 0 saturated heterocycles. The average molecular weight is 245 g/mol. The van der Waals surface area contributed by atoms with Gasteiger partial charge >= 0.3 is 12.1 Å². The summed E-state index contributed by atoms with van der Waals surface area (Å²) in [6.07, 6.45) is -4.21. The van der Waals surface area contributed by atoms with Crippen molar-refractivity contribution in [3.8, 4) is 5.75 Å². The molecule has 92 valence electrons. The van der Waals surface area contributed by atoms with E-state index in [0.29, 0.717) is 23.7 Å². The molecule has 0 atom stereocenters. The van der Waals surface area contributed by atoms with Crippen molar-refractivity contribution in [1.29, 1.82) is 0 Å². The molecule has 6 heteroatoms. The molecule has 2 rings (SSSR count). The number of fused-ring (bicyclic) bond motifs is 1. The van der Waals surface area contributed by atoms with Crippen LogP contribution < -0.4 is 9.64 Å². The van der Waals surface area contributed by atoms with Gasteiger partial charge in [0.05, 0.1) is 6.61 Å². The van der Waals surface area contributed by atoms with E-state index < -0.39 is 12.1 Å². The number of rotatable bonds is 1. The van der Waals surface area contributed by atoms with Crippen molar-refractivity contribution in [1.82, 2.24) is 0 Å². The third-order valence-corrected chi connectivity index (χ3v) is 2.61. The molecule has 1 aliphatic heterocycles. The fraction of sp³-hybridized carbons (Fsp3) is 0.364. The number of benzene rings is 1. The van der Waals surface area contributed by atoms with Crippen molar-refractivity contribution < 1.29 is 22.7 Å². The van der Waals surface area contributed by atoms with Crippen LogP contribution in [0.5, 0.6) is 5.75 Å². The Morgan fingerprint density at radius 1 is 1.41 bits per heavy atom. The van der Waals surface area contributed by atoms with E-state index in [1.807, 2.05) is 0 Å². The van der Waals surface area contributed by atoms with E-state index in [1.165, 1.54) is 6.07 Å². The number of alkyl halides is 3. The molecule has 1 amide bonds. The van der Waals surface area contributed by atoms with Crippen molar-refractivity contribution in [2.24, 2.45) is 0 Å². The Hall–Kier alpha value is -1.72. The first-order chi connectivity index (χ1) is 7.89. The minimum Gasteiger partial charge on any atom is -0.493 e. The molecule has 0 aliphatic carbocycles. The molecule has 0 radical (unpaired) electrons. The van der Waals surface area contributed by atoms with Gasteiger partial charge in [0.15, 0.2) is 0 Å². The zero-order valence-corrected chi connectivity index (χ0v) is 9.04. The van der Waals surface area contributed by atoms with Gasteiger partial charge in [-0.05, 0) is 23.8 Å². The Bertz CT molecular complexity index is 457. The van der Waals surface area contributed by atoms with Gasteiger partial charge < -0.3 is 9.64 Å². The van der Waals surface area contributed by atoms with Crippen LogP contribution in [0.1, 0.15) is 5.56 Å². The Morgan fingerprint density at radius 2 is 2.12 bits per heavy atom. The zero-order chi connectivity index (χ0) is 12.6. The van der Waals surface area contributed by atoms with Gasteiger partial charge in [-0.25, -0.2) is 0 Å². The van der Waals surface area contributed by atoms with Crippen molar-refractivity contribution in [2.45, 2.75) is 12.6 Å². The number of hydrogen-bond acceptors (Lipinski definition) is 2. The lowest BCUT2D eigenvalue weighted by atomic mass is 10.1. The van der Waals surface area contributed by atoms with E-state index in [1.54, 1.807) is 12.1 Å². The molecule has 1 aromatic rings. The molecule has 3 nitrogen and oxygen atoms in total. The van der Waals surface area contributed by atoms with Crippen LogP contribution in [0.2, 0.25) is 0 Å². The molecule has 0 unspecified atom stereocenters. The predicted octanol–water partition coefficient (Wildman–Crippen LogP) is 2.15. The first-order valence-corrected chi connectivity index (χ1v) is 5.00. The standard InChI is InChI=1S/C11H10F3NO2/c1-15(10(16)11(12,13)14)8-2-3-9-7(6-8)4-5-17-9/h2-3,6H,4-5H2,1H3. The number of hydrogen-bond donors (Lipinski definition) is 0. The number of amides is 1. The van der Waals surface area contributed by atoms with E-state index in [9.17, 15) is 18.0 Å². The quantitative estimate of drug-likeness (QED) is 0.758.